The summed E-state index contributed by atoms with van der Waals surface area (Å²) in [7, 11) is 1.55. The molecule has 22 heavy (non-hydrogen) atoms. The van der Waals surface area contributed by atoms with E-state index in [1.165, 1.54) is 0 Å². The van der Waals surface area contributed by atoms with E-state index in [1.54, 1.807) is 13.4 Å². The summed E-state index contributed by atoms with van der Waals surface area (Å²) in [5.74, 6) is 0.495. The van der Waals surface area contributed by atoms with Crippen molar-refractivity contribution in [2.24, 2.45) is 0 Å². The van der Waals surface area contributed by atoms with E-state index in [0.717, 1.165) is 40.9 Å². The second kappa shape index (κ2) is 4.87. The molecule has 0 aliphatic carbocycles. The average Bonchev–Trinajstić information content (AvgIpc) is 3.02. The molecule has 3 aromatic rings. The molecule has 2 aromatic heterocycles. The first-order valence-corrected chi connectivity index (χ1v) is 7.12. The molecule has 0 radical (unpaired) electrons. The van der Waals surface area contributed by atoms with Crippen molar-refractivity contribution in [3.05, 3.63) is 35.8 Å². The van der Waals surface area contributed by atoms with Crippen LogP contribution in [0.15, 0.2) is 24.5 Å². The number of nitrogens with two attached hydrogens (primary N) is 1. The minimum absolute atomic E-state index is 0.337. The first-order valence-electron chi connectivity index (χ1n) is 7.12. The van der Waals surface area contributed by atoms with Gasteiger partial charge in [0.15, 0.2) is 0 Å². The maximum Gasteiger partial charge on any atom is 0.318 e. The lowest BCUT2D eigenvalue weighted by molar-refractivity contribution is 0.377. The summed E-state index contributed by atoms with van der Waals surface area (Å²) < 4.78 is 5.08. The molecule has 0 unspecified atom stereocenters. The van der Waals surface area contributed by atoms with Crippen LogP contribution in [0.3, 0.4) is 0 Å². The molecule has 0 amide bonds. The minimum atomic E-state index is 0.337. The number of H-pyrrole nitrogens is 1. The number of benzene rings is 1. The van der Waals surface area contributed by atoms with Gasteiger partial charge in [-0.2, -0.15) is 9.97 Å². The van der Waals surface area contributed by atoms with Crippen LogP contribution in [0.4, 0.5) is 11.5 Å². The predicted octanol–water partition coefficient (Wildman–Crippen LogP) is 1.51. The van der Waals surface area contributed by atoms with Crippen LogP contribution in [0.2, 0.25) is 0 Å². The highest BCUT2D eigenvalue weighted by atomic mass is 16.5. The SMILES string of the molecule is COc1nc(N)c2c(n1)CCN(c1ccc3nc[nH]c3c1)C2. The highest BCUT2D eigenvalue weighted by Crippen LogP contribution is 2.28. The van der Waals surface area contributed by atoms with E-state index in [4.69, 9.17) is 10.5 Å². The van der Waals surface area contributed by atoms with E-state index in [-0.39, 0.29) is 0 Å². The molecular formula is C15H16N6O. The number of methoxy groups -OCH3 is 1. The third kappa shape index (κ3) is 2.02. The van der Waals surface area contributed by atoms with Gasteiger partial charge in [0.25, 0.3) is 0 Å². The second-order valence-electron chi connectivity index (χ2n) is 5.30. The number of hydrogen-bond donors (Lipinski definition) is 2. The zero-order chi connectivity index (χ0) is 15.1. The summed E-state index contributed by atoms with van der Waals surface area (Å²) in [6.45, 7) is 1.58. The first-order chi connectivity index (χ1) is 10.7. The predicted molar refractivity (Wildman–Crippen MR) is 83.8 cm³/mol. The van der Waals surface area contributed by atoms with Crippen molar-refractivity contribution in [3.8, 4) is 6.01 Å². The quantitative estimate of drug-likeness (QED) is 0.744. The fourth-order valence-corrected chi connectivity index (χ4v) is 2.85. The van der Waals surface area contributed by atoms with Crippen molar-refractivity contribution in [1.82, 2.24) is 19.9 Å². The third-order valence-corrected chi connectivity index (χ3v) is 4.02. The number of aromatic amines is 1. The third-order valence-electron chi connectivity index (χ3n) is 4.02. The van der Waals surface area contributed by atoms with Gasteiger partial charge < -0.3 is 20.4 Å². The molecule has 4 rings (SSSR count). The smallest absolute Gasteiger partial charge is 0.318 e. The number of hydrogen-bond acceptors (Lipinski definition) is 6. The summed E-state index contributed by atoms with van der Waals surface area (Å²) >= 11 is 0. The van der Waals surface area contributed by atoms with Crippen LogP contribution >= 0.6 is 0 Å². The van der Waals surface area contributed by atoms with Crippen molar-refractivity contribution >= 4 is 22.5 Å². The van der Waals surface area contributed by atoms with Crippen LogP contribution in [0.25, 0.3) is 11.0 Å². The summed E-state index contributed by atoms with van der Waals surface area (Å²) in [6.07, 6.45) is 2.53. The normalized spacial score (nSPS) is 14.1. The van der Waals surface area contributed by atoms with Gasteiger partial charge in [-0.25, -0.2) is 4.98 Å². The Labute approximate surface area is 127 Å². The van der Waals surface area contributed by atoms with Crippen LogP contribution in [0, 0.1) is 0 Å². The molecule has 0 bridgehead atoms. The number of anilines is 2. The molecule has 1 aromatic carbocycles. The van der Waals surface area contributed by atoms with Crippen molar-refractivity contribution in [2.75, 3.05) is 24.3 Å². The van der Waals surface area contributed by atoms with Gasteiger partial charge in [0.1, 0.15) is 5.82 Å². The van der Waals surface area contributed by atoms with Crippen LogP contribution in [-0.4, -0.2) is 33.6 Å². The lowest BCUT2D eigenvalue weighted by Crippen LogP contribution is -2.32. The Bertz CT molecular complexity index is 843. The maximum atomic E-state index is 6.06. The number of aromatic nitrogens is 4. The lowest BCUT2D eigenvalue weighted by Gasteiger charge is -2.30. The van der Waals surface area contributed by atoms with E-state index in [9.17, 15) is 0 Å². The van der Waals surface area contributed by atoms with Crippen LogP contribution in [0.5, 0.6) is 6.01 Å². The fourth-order valence-electron chi connectivity index (χ4n) is 2.85. The van der Waals surface area contributed by atoms with Crippen molar-refractivity contribution in [2.45, 2.75) is 13.0 Å². The largest absolute Gasteiger partial charge is 0.467 e. The number of rotatable bonds is 2. The highest BCUT2D eigenvalue weighted by Gasteiger charge is 2.22. The van der Waals surface area contributed by atoms with E-state index in [1.807, 2.05) is 6.07 Å². The van der Waals surface area contributed by atoms with Crippen LogP contribution in [0.1, 0.15) is 11.3 Å². The second-order valence-corrected chi connectivity index (χ2v) is 5.30. The van der Waals surface area contributed by atoms with Crippen molar-refractivity contribution in [3.63, 3.8) is 0 Å². The molecule has 3 heterocycles. The standard InChI is InChI=1S/C15H16N6O/c1-22-15-19-11-4-5-21(7-10(11)14(16)20-15)9-2-3-12-13(6-9)18-8-17-12/h2-3,6,8H,4-5,7H2,1H3,(H,17,18)(H2,16,19,20). The Balaban J connectivity index is 1.69. The van der Waals surface area contributed by atoms with E-state index in [0.29, 0.717) is 18.4 Å². The fraction of sp³-hybridized carbons (Fsp3) is 0.267. The molecule has 0 fully saturated rings. The Morgan fingerprint density at radius 1 is 1.32 bits per heavy atom. The number of nitrogen functional groups attached to an aromatic ring is 1. The highest BCUT2D eigenvalue weighted by molar-refractivity contribution is 5.79. The Morgan fingerprint density at radius 3 is 3.09 bits per heavy atom. The first kappa shape index (κ1) is 12.9. The summed E-state index contributed by atoms with van der Waals surface area (Å²) in [4.78, 5) is 18.2. The van der Waals surface area contributed by atoms with Crippen LogP contribution < -0.4 is 15.4 Å². The van der Waals surface area contributed by atoms with Gasteiger partial charge in [-0.1, -0.05) is 0 Å². The number of nitrogens with one attached hydrogen (secondary N) is 1. The molecule has 0 spiro atoms. The summed E-state index contributed by atoms with van der Waals surface area (Å²) in [5, 5.41) is 0. The summed E-state index contributed by atoms with van der Waals surface area (Å²) in [5.41, 5.74) is 11.1. The molecule has 0 atom stereocenters. The molecule has 1 aliphatic heterocycles. The van der Waals surface area contributed by atoms with E-state index in [2.05, 4.69) is 37.0 Å². The van der Waals surface area contributed by atoms with Gasteiger partial charge in [0, 0.05) is 30.8 Å². The molecule has 0 saturated carbocycles. The molecule has 0 saturated heterocycles. The molecule has 7 heteroatoms. The lowest BCUT2D eigenvalue weighted by atomic mass is 10.1. The Hall–Kier alpha value is -2.83. The molecule has 3 N–H and O–H groups in total. The van der Waals surface area contributed by atoms with Gasteiger partial charge in [-0.3, -0.25) is 0 Å². The number of fused-ring (bicyclic) bond motifs is 2. The van der Waals surface area contributed by atoms with Gasteiger partial charge in [0.2, 0.25) is 0 Å². The Kier molecular flexibility index (Phi) is 2.85. The van der Waals surface area contributed by atoms with Gasteiger partial charge in [0.05, 0.1) is 30.2 Å². The number of imidazole rings is 1. The zero-order valence-corrected chi connectivity index (χ0v) is 12.2. The minimum Gasteiger partial charge on any atom is -0.467 e. The number of ether oxygens (including phenoxy) is 1. The zero-order valence-electron chi connectivity index (χ0n) is 12.2. The summed E-state index contributed by atoms with van der Waals surface area (Å²) in [6, 6.07) is 6.54. The number of nitrogens with zero attached hydrogens (tertiary/aromatic N) is 4. The van der Waals surface area contributed by atoms with E-state index >= 15 is 0 Å². The molecule has 112 valence electrons. The monoisotopic (exact) mass is 296 g/mol. The van der Waals surface area contributed by atoms with Gasteiger partial charge in [-0.15, -0.1) is 0 Å². The topological polar surface area (TPSA) is 92.9 Å². The average molecular weight is 296 g/mol. The maximum absolute atomic E-state index is 6.06. The van der Waals surface area contributed by atoms with Gasteiger partial charge in [-0.05, 0) is 18.2 Å². The molecule has 7 nitrogen and oxygen atoms in total. The van der Waals surface area contributed by atoms with Gasteiger partial charge >= 0.3 is 6.01 Å². The van der Waals surface area contributed by atoms with Crippen LogP contribution in [-0.2, 0) is 13.0 Å². The molecule has 1 aliphatic rings. The van der Waals surface area contributed by atoms with E-state index < -0.39 is 0 Å². The molecular weight excluding hydrogens is 280 g/mol. The Morgan fingerprint density at radius 2 is 2.23 bits per heavy atom. The van der Waals surface area contributed by atoms with Crippen molar-refractivity contribution < 1.29 is 4.74 Å². The van der Waals surface area contributed by atoms with Crippen molar-refractivity contribution in [1.29, 1.82) is 0 Å².